The number of benzene rings is 2. The normalized spacial score (nSPS) is 20.3. The standard InChI is InChI=1S/C22H24ClNO5S/c1-28-21(25)17-13-15(9-10-18(17)23)30(26,27)24-19-14-22(11-5-2-6-12-22)29-20-8-4-3-7-16(19)20/h3-4,7-10,13,19,24H,2,5-6,11-12,14H2,1H3/t19-/m1/s1. The Kier molecular flexibility index (Phi) is 5.79. The Bertz CT molecular complexity index is 1060. The average Bonchev–Trinajstić information content (AvgIpc) is 2.73. The molecule has 8 heteroatoms. The Labute approximate surface area is 181 Å². The van der Waals surface area contributed by atoms with Crippen LogP contribution in [0.15, 0.2) is 47.4 Å². The summed E-state index contributed by atoms with van der Waals surface area (Å²) >= 11 is 6.04. The number of ether oxygens (including phenoxy) is 2. The molecule has 0 aromatic heterocycles. The van der Waals surface area contributed by atoms with Crippen molar-refractivity contribution in [1.29, 1.82) is 0 Å². The molecule has 1 N–H and O–H groups in total. The van der Waals surface area contributed by atoms with Crippen LogP contribution in [0.3, 0.4) is 0 Å². The minimum atomic E-state index is -3.91. The van der Waals surface area contributed by atoms with Gasteiger partial charge >= 0.3 is 5.97 Å². The van der Waals surface area contributed by atoms with E-state index in [9.17, 15) is 13.2 Å². The maximum absolute atomic E-state index is 13.2. The SMILES string of the molecule is COC(=O)c1cc(S(=O)(=O)N[C@@H]2CC3(CCCCC3)Oc3ccccc32)ccc1Cl. The molecule has 2 aromatic rings. The molecular weight excluding hydrogens is 426 g/mol. The Morgan fingerprint density at radius 1 is 1.17 bits per heavy atom. The zero-order chi connectivity index (χ0) is 21.4. The van der Waals surface area contributed by atoms with Gasteiger partial charge in [0.05, 0.1) is 28.6 Å². The fourth-order valence-corrected chi connectivity index (χ4v) is 5.85. The number of para-hydroxylation sites is 1. The molecule has 1 saturated carbocycles. The number of esters is 1. The highest BCUT2D eigenvalue weighted by molar-refractivity contribution is 7.89. The van der Waals surface area contributed by atoms with E-state index in [1.807, 2.05) is 24.3 Å². The van der Waals surface area contributed by atoms with Gasteiger partial charge in [0.15, 0.2) is 0 Å². The van der Waals surface area contributed by atoms with E-state index in [0.29, 0.717) is 6.42 Å². The molecule has 1 atom stereocenters. The van der Waals surface area contributed by atoms with Crippen LogP contribution in [0.4, 0.5) is 0 Å². The van der Waals surface area contributed by atoms with Gasteiger partial charge in [-0.15, -0.1) is 0 Å². The largest absolute Gasteiger partial charge is 0.487 e. The first-order valence-electron chi connectivity index (χ1n) is 10.0. The molecule has 0 saturated heterocycles. The molecule has 0 radical (unpaired) electrons. The van der Waals surface area contributed by atoms with Crippen molar-refractivity contribution in [2.75, 3.05) is 7.11 Å². The van der Waals surface area contributed by atoms with Gasteiger partial charge in [-0.25, -0.2) is 17.9 Å². The third-order valence-corrected chi connectivity index (χ3v) is 7.71. The highest BCUT2D eigenvalue weighted by Gasteiger charge is 2.43. The third kappa shape index (κ3) is 4.06. The summed E-state index contributed by atoms with van der Waals surface area (Å²) < 4.78 is 40.3. The first-order chi connectivity index (χ1) is 14.3. The topological polar surface area (TPSA) is 81.7 Å². The van der Waals surface area contributed by atoms with Gasteiger partial charge < -0.3 is 9.47 Å². The fraction of sp³-hybridized carbons (Fsp3) is 0.409. The van der Waals surface area contributed by atoms with Crippen LogP contribution in [-0.2, 0) is 14.8 Å². The van der Waals surface area contributed by atoms with Gasteiger partial charge in [0.25, 0.3) is 0 Å². The van der Waals surface area contributed by atoms with E-state index in [1.54, 1.807) is 0 Å². The van der Waals surface area contributed by atoms with E-state index in [4.69, 9.17) is 21.1 Å². The lowest BCUT2D eigenvalue weighted by molar-refractivity contribution is 0.0000722. The number of halogens is 1. The smallest absolute Gasteiger partial charge is 0.339 e. The minimum Gasteiger partial charge on any atom is -0.487 e. The number of hydrogen-bond donors (Lipinski definition) is 1. The van der Waals surface area contributed by atoms with Crippen molar-refractivity contribution in [2.45, 2.75) is 55.1 Å². The van der Waals surface area contributed by atoms with Crippen molar-refractivity contribution in [3.05, 3.63) is 58.6 Å². The maximum Gasteiger partial charge on any atom is 0.339 e. The van der Waals surface area contributed by atoms with Gasteiger partial charge in [-0.3, -0.25) is 0 Å². The van der Waals surface area contributed by atoms with Gasteiger partial charge in [0.1, 0.15) is 11.4 Å². The monoisotopic (exact) mass is 449 g/mol. The van der Waals surface area contributed by atoms with Gasteiger partial charge in [0.2, 0.25) is 10.0 Å². The molecule has 30 heavy (non-hydrogen) atoms. The first kappa shape index (κ1) is 21.2. The maximum atomic E-state index is 13.2. The summed E-state index contributed by atoms with van der Waals surface area (Å²) in [7, 11) is -2.69. The van der Waals surface area contributed by atoms with Crippen LogP contribution < -0.4 is 9.46 Å². The summed E-state index contributed by atoms with van der Waals surface area (Å²) in [5.74, 6) is 0.0410. The van der Waals surface area contributed by atoms with Gasteiger partial charge in [-0.1, -0.05) is 36.2 Å². The summed E-state index contributed by atoms with van der Waals surface area (Å²) in [5.41, 5.74) is 0.481. The van der Waals surface area contributed by atoms with E-state index in [-0.39, 0.29) is 21.1 Å². The van der Waals surface area contributed by atoms with E-state index >= 15 is 0 Å². The van der Waals surface area contributed by atoms with Crippen molar-refractivity contribution < 1.29 is 22.7 Å². The van der Waals surface area contributed by atoms with Crippen LogP contribution in [0.2, 0.25) is 5.02 Å². The molecule has 0 unspecified atom stereocenters. The lowest BCUT2D eigenvalue weighted by Crippen LogP contribution is -2.46. The van der Waals surface area contributed by atoms with E-state index < -0.39 is 22.0 Å². The number of methoxy groups -OCH3 is 1. The molecular formula is C22H24ClNO5S. The predicted octanol–water partition coefficient (Wildman–Crippen LogP) is 4.63. The average molecular weight is 450 g/mol. The molecule has 4 rings (SSSR count). The molecule has 160 valence electrons. The van der Waals surface area contributed by atoms with Gasteiger partial charge in [-0.05, 0) is 49.9 Å². The molecule has 1 heterocycles. The molecule has 1 spiro atoms. The van der Waals surface area contributed by atoms with Crippen LogP contribution in [-0.4, -0.2) is 27.1 Å². The molecule has 2 aromatic carbocycles. The second kappa shape index (κ2) is 8.21. The quantitative estimate of drug-likeness (QED) is 0.688. The predicted molar refractivity (Wildman–Crippen MR) is 113 cm³/mol. The van der Waals surface area contributed by atoms with Gasteiger partial charge in [0, 0.05) is 12.0 Å². The van der Waals surface area contributed by atoms with Crippen molar-refractivity contribution in [3.8, 4) is 5.75 Å². The zero-order valence-corrected chi connectivity index (χ0v) is 18.3. The molecule has 0 bridgehead atoms. The van der Waals surface area contributed by atoms with E-state index in [2.05, 4.69) is 4.72 Å². The molecule has 1 aliphatic carbocycles. The Balaban J connectivity index is 1.68. The van der Waals surface area contributed by atoms with Crippen molar-refractivity contribution >= 4 is 27.6 Å². The minimum absolute atomic E-state index is 0.0122. The van der Waals surface area contributed by atoms with Crippen LogP contribution in [0.25, 0.3) is 0 Å². The van der Waals surface area contributed by atoms with Crippen LogP contribution in [0, 0.1) is 0 Å². The molecule has 6 nitrogen and oxygen atoms in total. The molecule has 1 fully saturated rings. The van der Waals surface area contributed by atoms with Crippen LogP contribution >= 0.6 is 11.6 Å². The Hall–Kier alpha value is -2.09. The number of fused-ring (bicyclic) bond motifs is 1. The van der Waals surface area contributed by atoms with Crippen LogP contribution in [0.1, 0.15) is 60.5 Å². The number of hydrogen-bond acceptors (Lipinski definition) is 5. The second-order valence-corrected chi connectivity index (χ2v) is 10.0. The fourth-order valence-electron chi connectivity index (χ4n) is 4.42. The van der Waals surface area contributed by atoms with E-state index in [1.165, 1.54) is 31.7 Å². The van der Waals surface area contributed by atoms with Gasteiger partial charge in [-0.2, -0.15) is 0 Å². The zero-order valence-electron chi connectivity index (χ0n) is 16.7. The summed E-state index contributed by atoms with van der Waals surface area (Å²) in [6, 6.07) is 11.2. The van der Waals surface area contributed by atoms with Crippen LogP contribution in [0.5, 0.6) is 5.75 Å². The summed E-state index contributed by atoms with van der Waals surface area (Å²) in [5, 5.41) is 0.137. The summed E-state index contributed by atoms with van der Waals surface area (Å²) in [6.45, 7) is 0. The number of sulfonamides is 1. The number of carbonyl (C=O) groups is 1. The molecule has 2 aliphatic rings. The van der Waals surface area contributed by atoms with Crippen molar-refractivity contribution in [2.24, 2.45) is 0 Å². The third-order valence-electron chi connectivity index (χ3n) is 5.91. The number of carbonyl (C=O) groups excluding carboxylic acids is 1. The molecule has 0 amide bonds. The van der Waals surface area contributed by atoms with E-state index in [0.717, 1.165) is 37.0 Å². The molecule has 1 aliphatic heterocycles. The Morgan fingerprint density at radius 2 is 1.90 bits per heavy atom. The van der Waals surface area contributed by atoms with Crippen molar-refractivity contribution in [1.82, 2.24) is 4.72 Å². The number of nitrogens with one attached hydrogen (secondary N) is 1. The highest BCUT2D eigenvalue weighted by Crippen LogP contribution is 2.46. The first-order valence-corrected chi connectivity index (χ1v) is 11.9. The number of rotatable bonds is 4. The van der Waals surface area contributed by atoms with Crippen molar-refractivity contribution in [3.63, 3.8) is 0 Å². The lowest BCUT2D eigenvalue weighted by atomic mass is 9.77. The summed E-state index contributed by atoms with van der Waals surface area (Å²) in [6.07, 6.45) is 5.70. The highest BCUT2D eigenvalue weighted by atomic mass is 35.5. The lowest BCUT2D eigenvalue weighted by Gasteiger charge is -2.44. The Morgan fingerprint density at radius 3 is 2.63 bits per heavy atom. The second-order valence-electron chi connectivity index (χ2n) is 7.89. The summed E-state index contributed by atoms with van der Waals surface area (Å²) in [4.78, 5) is 11.9.